The van der Waals surface area contributed by atoms with E-state index in [1.807, 2.05) is 78.9 Å². The molecule has 1 saturated heterocycles. The molecule has 6 heteroatoms. The molecule has 30 heavy (non-hydrogen) atoms. The van der Waals surface area contributed by atoms with Gasteiger partial charge < -0.3 is 14.6 Å². The molecule has 1 aromatic carbocycles. The molecule has 148 valence electrons. The van der Waals surface area contributed by atoms with Crippen LogP contribution in [0.15, 0.2) is 95.7 Å². The zero-order chi connectivity index (χ0) is 20.3. The first-order valence-electron chi connectivity index (χ1n) is 9.83. The van der Waals surface area contributed by atoms with Crippen LogP contribution in [0.4, 0.5) is 0 Å². The van der Waals surface area contributed by atoms with E-state index in [0.29, 0.717) is 11.7 Å². The van der Waals surface area contributed by atoms with E-state index in [0.717, 1.165) is 28.5 Å². The molecule has 3 aromatic heterocycles. The second-order valence-corrected chi connectivity index (χ2v) is 7.53. The number of thiocarbonyl (C=S) groups is 1. The third kappa shape index (κ3) is 3.57. The number of rotatable bonds is 5. The Bertz CT molecular complexity index is 1130. The first-order valence-corrected chi connectivity index (χ1v) is 10.2. The molecule has 1 fully saturated rings. The van der Waals surface area contributed by atoms with Crippen LogP contribution in [0, 0.1) is 0 Å². The smallest absolute Gasteiger partial charge is 0.170 e. The van der Waals surface area contributed by atoms with Gasteiger partial charge in [0.25, 0.3) is 0 Å². The largest absolute Gasteiger partial charge is 0.459 e. The van der Waals surface area contributed by atoms with E-state index in [1.165, 1.54) is 0 Å². The summed E-state index contributed by atoms with van der Waals surface area (Å²) in [4.78, 5) is 11.2. The number of pyridine rings is 2. The van der Waals surface area contributed by atoms with E-state index < -0.39 is 0 Å². The van der Waals surface area contributed by atoms with Gasteiger partial charge in [0, 0.05) is 18.0 Å². The van der Waals surface area contributed by atoms with Crippen molar-refractivity contribution in [3.05, 3.63) is 108 Å². The van der Waals surface area contributed by atoms with Gasteiger partial charge in [0.15, 0.2) is 5.11 Å². The summed E-state index contributed by atoms with van der Waals surface area (Å²) in [6, 6.07) is 25.7. The van der Waals surface area contributed by atoms with Gasteiger partial charge in [0.1, 0.15) is 17.6 Å². The molecule has 0 spiro atoms. The van der Waals surface area contributed by atoms with Crippen molar-refractivity contribution in [3.8, 4) is 11.3 Å². The second-order valence-electron chi connectivity index (χ2n) is 7.14. The number of hydrogen-bond donors (Lipinski definition) is 1. The molecule has 0 saturated carbocycles. The maximum Gasteiger partial charge on any atom is 0.170 e. The molecule has 5 rings (SSSR count). The summed E-state index contributed by atoms with van der Waals surface area (Å²) < 4.78 is 6.33. The molecule has 4 heterocycles. The minimum absolute atomic E-state index is 0.114. The van der Waals surface area contributed by atoms with E-state index in [1.54, 1.807) is 12.4 Å². The van der Waals surface area contributed by atoms with E-state index in [9.17, 15) is 0 Å². The van der Waals surface area contributed by atoms with Gasteiger partial charge in [-0.05, 0) is 48.6 Å². The summed E-state index contributed by atoms with van der Waals surface area (Å²) in [5.74, 6) is 1.67. The van der Waals surface area contributed by atoms with Crippen molar-refractivity contribution in [2.24, 2.45) is 0 Å². The van der Waals surface area contributed by atoms with E-state index in [4.69, 9.17) is 16.6 Å². The Morgan fingerprint density at radius 1 is 0.867 bits per heavy atom. The third-order valence-corrected chi connectivity index (χ3v) is 5.59. The molecular weight excluding hydrogens is 392 g/mol. The number of hydrogen-bond acceptors (Lipinski definition) is 4. The summed E-state index contributed by atoms with van der Waals surface area (Å²) in [5.41, 5.74) is 2.91. The quantitative estimate of drug-likeness (QED) is 0.470. The number of nitrogens with one attached hydrogen (secondary N) is 1. The zero-order valence-electron chi connectivity index (χ0n) is 16.2. The normalized spacial score (nSPS) is 18.4. The molecule has 0 radical (unpaired) electrons. The van der Waals surface area contributed by atoms with Crippen molar-refractivity contribution in [2.75, 3.05) is 0 Å². The topological polar surface area (TPSA) is 54.2 Å². The predicted octanol–water partition coefficient (Wildman–Crippen LogP) is 4.91. The van der Waals surface area contributed by atoms with Crippen LogP contribution in [0.2, 0.25) is 0 Å². The Morgan fingerprint density at radius 2 is 1.63 bits per heavy atom. The number of nitrogens with zero attached hydrogens (tertiary/aromatic N) is 3. The molecule has 0 bridgehead atoms. The summed E-state index contributed by atoms with van der Waals surface area (Å²) in [7, 11) is 0. The van der Waals surface area contributed by atoms with Gasteiger partial charge >= 0.3 is 0 Å². The first kappa shape index (κ1) is 18.5. The minimum atomic E-state index is -0.133. The second kappa shape index (κ2) is 8.08. The van der Waals surface area contributed by atoms with Crippen molar-refractivity contribution in [2.45, 2.75) is 18.6 Å². The SMILES string of the molecule is S=C1N[C@H](c2ccccn2)[C@@H](c2ccc(-c3ccccc3)o2)N1Cc1ccccn1. The van der Waals surface area contributed by atoms with Crippen LogP contribution in [0.25, 0.3) is 11.3 Å². The standard InChI is InChI=1S/C24H20N4OS/c30-24-27-22(19-11-5-7-15-26-19)23(28(24)16-18-10-4-6-14-25-18)21-13-12-20(29-21)17-8-2-1-3-9-17/h1-15,22-23H,16H2,(H,27,30)/t22-,23-/m1/s1. The Balaban J connectivity index is 1.54. The summed E-state index contributed by atoms with van der Waals surface area (Å²) >= 11 is 5.71. The van der Waals surface area contributed by atoms with E-state index >= 15 is 0 Å². The number of benzene rings is 1. The number of aromatic nitrogens is 2. The van der Waals surface area contributed by atoms with Crippen LogP contribution < -0.4 is 5.32 Å². The van der Waals surface area contributed by atoms with Gasteiger partial charge in [0.2, 0.25) is 0 Å². The van der Waals surface area contributed by atoms with Gasteiger partial charge in [-0.1, -0.05) is 42.5 Å². The summed E-state index contributed by atoms with van der Waals surface area (Å²) in [6.07, 6.45) is 3.60. The van der Waals surface area contributed by atoms with Crippen LogP contribution in [-0.2, 0) is 6.54 Å². The Kier molecular flexibility index (Phi) is 4.99. The summed E-state index contributed by atoms with van der Waals surface area (Å²) in [6.45, 7) is 0.585. The van der Waals surface area contributed by atoms with Crippen molar-refractivity contribution >= 4 is 17.3 Å². The first-order chi connectivity index (χ1) is 14.8. The molecule has 0 amide bonds. The third-order valence-electron chi connectivity index (χ3n) is 5.23. The van der Waals surface area contributed by atoms with Gasteiger partial charge in [-0.2, -0.15) is 0 Å². The lowest BCUT2D eigenvalue weighted by molar-refractivity contribution is 0.267. The van der Waals surface area contributed by atoms with Crippen LogP contribution in [0.5, 0.6) is 0 Å². The lowest BCUT2D eigenvalue weighted by Gasteiger charge is -2.25. The van der Waals surface area contributed by atoms with Gasteiger partial charge in [-0.3, -0.25) is 9.97 Å². The van der Waals surface area contributed by atoms with Crippen LogP contribution >= 0.6 is 12.2 Å². The highest BCUT2D eigenvalue weighted by molar-refractivity contribution is 7.80. The summed E-state index contributed by atoms with van der Waals surface area (Å²) in [5, 5.41) is 4.11. The Labute approximate surface area is 180 Å². The number of furan rings is 1. The minimum Gasteiger partial charge on any atom is -0.459 e. The molecule has 4 aromatic rings. The van der Waals surface area contributed by atoms with Crippen LogP contribution in [0.1, 0.15) is 29.2 Å². The highest BCUT2D eigenvalue weighted by Crippen LogP contribution is 2.41. The van der Waals surface area contributed by atoms with Gasteiger partial charge in [-0.15, -0.1) is 0 Å². The highest BCUT2D eigenvalue weighted by atomic mass is 32.1. The fourth-order valence-electron chi connectivity index (χ4n) is 3.82. The highest BCUT2D eigenvalue weighted by Gasteiger charge is 2.41. The maximum atomic E-state index is 6.33. The predicted molar refractivity (Wildman–Crippen MR) is 119 cm³/mol. The molecule has 1 aliphatic rings. The van der Waals surface area contributed by atoms with Gasteiger partial charge in [0.05, 0.1) is 24.0 Å². The molecule has 2 atom stereocenters. The van der Waals surface area contributed by atoms with Crippen LogP contribution in [0.3, 0.4) is 0 Å². The molecule has 0 aliphatic carbocycles. The monoisotopic (exact) mass is 412 g/mol. The van der Waals surface area contributed by atoms with E-state index in [2.05, 4.69) is 20.2 Å². The molecule has 1 aliphatic heterocycles. The average molecular weight is 413 g/mol. The Hall–Kier alpha value is -3.51. The molecular formula is C24H20N4OS. The zero-order valence-corrected chi connectivity index (χ0v) is 17.0. The van der Waals surface area contributed by atoms with Gasteiger partial charge in [-0.25, -0.2) is 0 Å². The fraction of sp³-hybridized carbons (Fsp3) is 0.125. The van der Waals surface area contributed by atoms with Crippen molar-refractivity contribution in [1.82, 2.24) is 20.2 Å². The van der Waals surface area contributed by atoms with E-state index in [-0.39, 0.29) is 12.1 Å². The molecule has 5 nitrogen and oxygen atoms in total. The Morgan fingerprint density at radius 3 is 2.37 bits per heavy atom. The van der Waals surface area contributed by atoms with Crippen molar-refractivity contribution in [3.63, 3.8) is 0 Å². The van der Waals surface area contributed by atoms with Crippen molar-refractivity contribution in [1.29, 1.82) is 0 Å². The molecule has 1 N–H and O–H groups in total. The lowest BCUT2D eigenvalue weighted by Crippen LogP contribution is -2.29. The van der Waals surface area contributed by atoms with Crippen molar-refractivity contribution < 1.29 is 4.42 Å². The maximum absolute atomic E-state index is 6.33. The lowest BCUT2D eigenvalue weighted by atomic mass is 10.0. The molecule has 0 unspecified atom stereocenters. The van der Waals surface area contributed by atoms with Crippen LogP contribution in [-0.4, -0.2) is 20.0 Å². The fourth-order valence-corrected chi connectivity index (χ4v) is 4.13. The average Bonchev–Trinajstić information content (AvgIpc) is 3.41.